The van der Waals surface area contributed by atoms with Gasteiger partial charge >= 0.3 is 12.0 Å². The van der Waals surface area contributed by atoms with Crippen molar-refractivity contribution in [2.45, 2.75) is 58.2 Å². The zero-order valence-electron chi connectivity index (χ0n) is 20.6. The van der Waals surface area contributed by atoms with Crippen LogP contribution >= 0.6 is 0 Å². The number of aromatic nitrogens is 4. The lowest BCUT2D eigenvalue weighted by molar-refractivity contribution is -0.143. The van der Waals surface area contributed by atoms with E-state index in [1.54, 1.807) is 11.7 Å². The highest BCUT2D eigenvalue weighted by Gasteiger charge is 2.28. The summed E-state index contributed by atoms with van der Waals surface area (Å²) in [5.74, 6) is -0.452. The number of urea groups is 1. The Kier molecular flexibility index (Phi) is 8.14. The second-order valence-corrected chi connectivity index (χ2v) is 8.97. The van der Waals surface area contributed by atoms with Crippen molar-refractivity contribution in [3.63, 3.8) is 0 Å². The van der Waals surface area contributed by atoms with Gasteiger partial charge in [-0.05, 0) is 49.8 Å². The number of hydrogen-bond acceptors (Lipinski definition) is 6. The number of carbonyl (C=O) groups is 2. The fourth-order valence-corrected chi connectivity index (χ4v) is 4.42. The van der Waals surface area contributed by atoms with Crippen molar-refractivity contribution >= 4 is 12.0 Å². The largest absolute Gasteiger partial charge is 0.488 e. The summed E-state index contributed by atoms with van der Waals surface area (Å²) in [6.45, 7) is 2.66. The van der Waals surface area contributed by atoms with Gasteiger partial charge in [0, 0.05) is 13.6 Å². The zero-order chi connectivity index (χ0) is 25.5. The molecular formula is C26H32N6O4. The molecule has 3 N–H and O–H groups in total. The first kappa shape index (κ1) is 25.2. The zero-order valence-corrected chi connectivity index (χ0v) is 20.6. The van der Waals surface area contributed by atoms with Crippen LogP contribution in [0.25, 0.3) is 11.4 Å². The van der Waals surface area contributed by atoms with Crippen LogP contribution in [-0.2, 0) is 31.4 Å². The number of benzene rings is 1. The lowest BCUT2D eigenvalue weighted by Crippen LogP contribution is -2.35. The van der Waals surface area contributed by atoms with E-state index < -0.39 is 5.97 Å². The van der Waals surface area contributed by atoms with Crippen LogP contribution in [0.3, 0.4) is 0 Å². The number of pyridine rings is 1. The van der Waals surface area contributed by atoms with Crippen molar-refractivity contribution in [3.05, 3.63) is 59.4 Å². The molecule has 1 aromatic carbocycles. The van der Waals surface area contributed by atoms with Crippen LogP contribution < -0.4 is 15.4 Å². The van der Waals surface area contributed by atoms with Gasteiger partial charge in [-0.25, -0.2) is 14.5 Å². The quantitative estimate of drug-likeness (QED) is 0.417. The first-order chi connectivity index (χ1) is 17.4. The Balaban J connectivity index is 1.42. The molecule has 1 aliphatic rings. The summed E-state index contributed by atoms with van der Waals surface area (Å²) in [4.78, 5) is 28.5. The minimum Gasteiger partial charge on any atom is -0.488 e. The predicted octanol–water partition coefficient (Wildman–Crippen LogP) is 3.46. The van der Waals surface area contributed by atoms with Crippen LogP contribution in [0.4, 0.5) is 4.79 Å². The Morgan fingerprint density at radius 1 is 1.11 bits per heavy atom. The number of ether oxygens (including phenoxy) is 1. The molecule has 1 aliphatic carbocycles. The maximum Gasteiger partial charge on any atom is 0.315 e. The van der Waals surface area contributed by atoms with Crippen LogP contribution in [-0.4, -0.2) is 43.2 Å². The maximum atomic E-state index is 12.3. The van der Waals surface area contributed by atoms with E-state index in [4.69, 9.17) is 9.72 Å². The molecule has 2 amide bonds. The molecule has 0 radical (unpaired) electrons. The summed E-state index contributed by atoms with van der Waals surface area (Å²) in [5.41, 5.74) is 3.74. The van der Waals surface area contributed by atoms with E-state index in [1.807, 2.05) is 49.4 Å². The standard InChI is InChI=1S/C26H32N6O4/c1-3-20-23(36-19-11-7-10-18(14-19)25(33)34)13-12-21(29-20)24-22(32(2)31-30-24)16-28-26(35)27-15-17-8-5-4-6-9-17/h4-6,8-9,12-13,18-19H,3,7,10-11,14-16H2,1-2H3,(H,33,34)(H2,27,28,35)/t18-,19-/m0/s1. The molecule has 4 rings (SSSR count). The molecule has 36 heavy (non-hydrogen) atoms. The highest BCUT2D eigenvalue weighted by atomic mass is 16.5. The summed E-state index contributed by atoms with van der Waals surface area (Å²) in [7, 11) is 1.77. The molecule has 3 aromatic rings. The third kappa shape index (κ3) is 6.18. The van der Waals surface area contributed by atoms with Gasteiger partial charge in [0.2, 0.25) is 0 Å². The number of aliphatic carboxylic acids is 1. The average Bonchev–Trinajstić information content (AvgIpc) is 3.27. The second-order valence-electron chi connectivity index (χ2n) is 8.97. The Hall–Kier alpha value is -3.95. The van der Waals surface area contributed by atoms with Gasteiger partial charge in [0.15, 0.2) is 0 Å². The summed E-state index contributed by atoms with van der Waals surface area (Å²) < 4.78 is 7.82. The lowest BCUT2D eigenvalue weighted by Gasteiger charge is -2.28. The van der Waals surface area contributed by atoms with E-state index in [-0.39, 0.29) is 24.6 Å². The number of hydrogen-bond donors (Lipinski definition) is 3. The highest BCUT2D eigenvalue weighted by Crippen LogP contribution is 2.31. The topological polar surface area (TPSA) is 131 Å². The molecule has 0 saturated heterocycles. The van der Waals surface area contributed by atoms with Gasteiger partial charge < -0.3 is 20.5 Å². The number of nitrogens with one attached hydrogen (secondary N) is 2. The summed E-state index contributed by atoms with van der Waals surface area (Å²) >= 11 is 0. The number of carboxylic acids is 1. The van der Waals surface area contributed by atoms with E-state index in [0.717, 1.165) is 29.8 Å². The maximum absolute atomic E-state index is 12.3. The van der Waals surface area contributed by atoms with Gasteiger partial charge in [0.05, 0.1) is 35.6 Å². The molecule has 2 atom stereocenters. The van der Waals surface area contributed by atoms with E-state index in [1.165, 1.54) is 0 Å². The molecule has 1 fully saturated rings. The molecule has 0 bridgehead atoms. The van der Waals surface area contributed by atoms with Gasteiger partial charge in [-0.3, -0.25) is 4.79 Å². The molecule has 10 nitrogen and oxygen atoms in total. The molecule has 2 heterocycles. The molecule has 1 saturated carbocycles. The third-order valence-electron chi connectivity index (χ3n) is 6.43. The molecule has 0 aliphatic heterocycles. The summed E-state index contributed by atoms with van der Waals surface area (Å²) in [5, 5.41) is 23.5. The SMILES string of the molecule is CCc1nc(-c2nnn(C)c2CNC(=O)NCc2ccccc2)ccc1O[C@H]1CCC[C@H](C(=O)O)C1. The van der Waals surface area contributed by atoms with Gasteiger partial charge in [-0.2, -0.15) is 0 Å². The van der Waals surface area contributed by atoms with Gasteiger partial charge in [-0.15, -0.1) is 5.10 Å². The van der Waals surface area contributed by atoms with Gasteiger partial charge in [0.25, 0.3) is 0 Å². The van der Waals surface area contributed by atoms with Crippen LogP contribution in [0.2, 0.25) is 0 Å². The van der Waals surface area contributed by atoms with Gasteiger partial charge in [-0.1, -0.05) is 42.5 Å². The number of carboxylic acid groups (broad SMARTS) is 1. The lowest BCUT2D eigenvalue weighted by atomic mass is 9.87. The van der Waals surface area contributed by atoms with Crippen LogP contribution in [0.5, 0.6) is 5.75 Å². The second kappa shape index (κ2) is 11.7. The summed E-state index contributed by atoms with van der Waals surface area (Å²) in [6.07, 6.45) is 3.38. The number of carbonyl (C=O) groups excluding carboxylic acids is 1. The van der Waals surface area contributed by atoms with Gasteiger partial charge in [0.1, 0.15) is 11.4 Å². The Bertz CT molecular complexity index is 1200. The van der Waals surface area contributed by atoms with E-state index in [2.05, 4.69) is 20.9 Å². The van der Waals surface area contributed by atoms with Crippen molar-refractivity contribution in [3.8, 4) is 17.1 Å². The minimum atomic E-state index is -0.759. The fraction of sp³-hybridized carbons (Fsp3) is 0.423. The van der Waals surface area contributed by atoms with E-state index >= 15 is 0 Å². The van der Waals surface area contributed by atoms with Crippen molar-refractivity contribution in [2.24, 2.45) is 13.0 Å². The van der Waals surface area contributed by atoms with Crippen molar-refractivity contribution in [1.29, 1.82) is 0 Å². The average molecular weight is 493 g/mol. The molecular weight excluding hydrogens is 460 g/mol. The highest BCUT2D eigenvalue weighted by molar-refractivity contribution is 5.74. The molecule has 190 valence electrons. The normalized spacial score (nSPS) is 17.4. The molecule has 10 heteroatoms. The Morgan fingerprint density at radius 3 is 2.64 bits per heavy atom. The Labute approximate surface area is 210 Å². The fourth-order valence-electron chi connectivity index (χ4n) is 4.42. The van der Waals surface area contributed by atoms with Crippen molar-refractivity contribution < 1.29 is 19.4 Å². The smallest absolute Gasteiger partial charge is 0.315 e. The first-order valence-electron chi connectivity index (χ1n) is 12.3. The number of nitrogens with zero attached hydrogens (tertiary/aromatic N) is 4. The van der Waals surface area contributed by atoms with Crippen LogP contribution in [0.1, 0.15) is 49.6 Å². The predicted molar refractivity (Wildman–Crippen MR) is 133 cm³/mol. The van der Waals surface area contributed by atoms with Crippen LogP contribution in [0.15, 0.2) is 42.5 Å². The molecule has 2 aromatic heterocycles. The van der Waals surface area contributed by atoms with E-state index in [0.29, 0.717) is 42.9 Å². The molecule has 0 spiro atoms. The van der Waals surface area contributed by atoms with Crippen molar-refractivity contribution in [2.75, 3.05) is 0 Å². The molecule has 0 unspecified atom stereocenters. The third-order valence-corrected chi connectivity index (χ3v) is 6.43. The Morgan fingerprint density at radius 2 is 1.89 bits per heavy atom. The van der Waals surface area contributed by atoms with E-state index in [9.17, 15) is 14.7 Å². The number of aryl methyl sites for hydroxylation is 2. The van der Waals surface area contributed by atoms with Crippen molar-refractivity contribution in [1.82, 2.24) is 30.6 Å². The van der Waals surface area contributed by atoms with Crippen LogP contribution in [0, 0.1) is 5.92 Å². The monoisotopic (exact) mass is 492 g/mol. The summed E-state index contributed by atoms with van der Waals surface area (Å²) in [6, 6.07) is 13.1. The minimum absolute atomic E-state index is 0.136. The number of rotatable bonds is 9. The number of amides is 2. The first-order valence-corrected chi connectivity index (χ1v) is 12.3.